The zero-order chi connectivity index (χ0) is 10.7. The van der Waals surface area contributed by atoms with Crippen LogP contribution in [0.5, 0.6) is 0 Å². The van der Waals surface area contributed by atoms with Crippen LogP contribution in [-0.2, 0) is 13.0 Å². The Bertz CT molecular complexity index is 436. The van der Waals surface area contributed by atoms with Crippen LogP contribution in [0.15, 0.2) is 34.9 Å². The summed E-state index contributed by atoms with van der Waals surface area (Å²) in [7, 11) is 0. The van der Waals surface area contributed by atoms with Crippen molar-refractivity contribution in [2.24, 2.45) is 5.73 Å². The molecule has 3 nitrogen and oxygen atoms in total. The van der Waals surface area contributed by atoms with E-state index in [1.807, 2.05) is 6.07 Å². The lowest BCUT2D eigenvalue weighted by Gasteiger charge is -1.96. The highest BCUT2D eigenvalue weighted by atomic mass is 19.1. The second-order valence-electron chi connectivity index (χ2n) is 3.29. The predicted molar refractivity (Wildman–Crippen MR) is 53.6 cm³/mol. The molecule has 0 fully saturated rings. The average molecular weight is 206 g/mol. The molecule has 0 aliphatic rings. The molecule has 2 N–H and O–H groups in total. The van der Waals surface area contributed by atoms with Crippen LogP contribution in [0.4, 0.5) is 4.39 Å². The van der Waals surface area contributed by atoms with E-state index in [-0.39, 0.29) is 5.82 Å². The van der Waals surface area contributed by atoms with E-state index >= 15 is 0 Å². The number of aromatic nitrogens is 1. The van der Waals surface area contributed by atoms with E-state index < -0.39 is 0 Å². The van der Waals surface area contributed by atoms with Crippen LogP contribution in [0, 0.1) is 5.82 Å². The van der Waals surface area contributed by atoms with Gasteiger partial charge in [-0.15, -0.1) is 0 Å². The number of hydrogen-bond donors (Lipinski definition) is 1. The van der Waals surface area contributed by atoms with Gasteiger partial charge in [0.1, 0.15) is 11.6 Å². The zero-order valence-corrected chi connectivity index (χ0v) is 8.11. The summed E-state index contributed by atoms with van der Waals surface area (Å²) in [4.78, 5) is 0. The van der Waals surface area contributed by atoms with E-state index in [0.29, 0.717) is 13.0 Å². The molecule has 0 bridgehead atoms. The van der Waals surface area contributed by atoms with Gasteiger partial charge < -0.3 is 10.3 Å². The summed E-state index contributed by atoms with van der Waals surface area (Å²) in [6.45, 7) is 0.368. The van der Waals surface area contributed by atoms with Gasteiger partial charge in [-0.3, -0.25) is 0 Å². The molecule has 0 amide bonds. The summed E-state index contributed by atoms with van der Waals surface area (Å²) in [5.74, 6) is 0.501. The standard InChI is InChI=1S/C11H11FN2O/c12-9-3-1-8(2-4-9)5-11-6-10(7-13)14-15-11/h1-4,6H,5,7,13H2. The molecule has 0 atom stereocenters. The first-order valence-electron chi connectivity index (χ1n) is 4.67. The molecule has 1 heterocycles. The maximum atomic E-state index is 12.6. The Morgan fingerprint density at radius 2 is 2.00 bits per heavy atom. The van der Waals surface area contributed by atoms with Gasteiger partial charge in [0.25, 0.3) is 0 Å². The van der Waals surface area contributed by atoms with Gasteiger partial charge in [-0.05, 0) is 17.7 Å². The van der Waals surface area contributed by atoms with Crippen molar-refractivity contribution in [3.8, 4) is 0 Å². The lowest BCUT2D eigenvalue weighted by Crippen LogP contribution is -1.95. The number of halogens is 1. The van der Waals surface area contributed by atoms with E-state index in [1.165, 1.54) is 12.1 Å². The Morgan fingerprint density at radius 1 is 1.27 bits per heavy atom. The largest absolute Gasteiger partial charge is 0.361 e. The molecule has 0 aliphatic carbocycles. The second-order valence-corrected chi connectivity index (χ2v) is 3.29. The maximum Gasteiger partial charge on any atom is 0.141 e. The molecule has 2 aromatic rings. The van der Waals surface area contributed by atoms with Crippen LogP contribution in [0.2, 0.25) is 0 Å². The highest BCUT2D eigenvalue weighted by Gasteiger charge is 2.03. The van der Waals surface area contributed by atoms with Crippen molar-refractivity contribution < 1.29 is 8.91 Å². The molecule has 1 aromatic heterocycles. The van der Waals surface area contributed by atoms with Crippen LogP contribution in [0.25, 0.3) is 0 Å². The van der Waals surface area contributed by atoms with Crippen LogP contribution >= 0.6 is 0 Å². The van der Waals surface area contributed by atoms with Crippen molar-refractivity contribution in [2.45, 2.75) is 13.0 Å². The third kappa shape index (κ3) is 2.41. The van der Waals surface area contributed by atoms with Gasteiger partial charge in [-0.25, -0.2) is 4.39 Å². The summed E-state index contributed by atoms with van der Waals surface area (Å²) < 4.78 is 17.7. The second kappa shape index (κ2) is 4.23. The zero-order valence-electron chi connectivity index (χ0n) is 8.11. The van der Waals surface area contributed by atoms with Crippen LogP contribution < -0.4 is 5.73 Å². The molecule has 0 saturated heterocycles. The molecule has 2 rings (SSSR count). The first kappa shape index (κ1) is 9.86. The van der Waals surface area contributed by atoms with Crippen molar-refractivity contribution in [1.82, 2.24) is 5.16 Å². The highest BCUT2D eigenvalue weighted by molar-refractivity contribution is 5.21. The molecule has 15 heavy (non-hydrogen) atoms. The lowest BCUT2D eigenvalue weighted by molar-refractivity contribution is 0.383. The monoisotopic (exact) mass is 206 g/mol. The topological polar surface area (TPSA) is 52.0 Å². The summed E-state index contributed by atoms with van der Waals surface area (Å²) in [5, 5.41) is 3.77. The number of rotatable bonds is 3. The van der Waals surface area contributed by atoms with Crippen LogP contribution in [0.3, 0.4) is 0 Å². The Kier molecular flexibility index (Phi) is 2.78. The molecule has 1 aromatic carbocycles. The third-order valence-electron chi connectivity index (χ3n) is 2.11. The fourth-order valence-electron chi connectivity index (χ4n) is 1.34. The Balaban J connectivity index is 2.11. The molecule has 0 radical (unpaired) electrons. The molecular weight excluding hydrogens is 195 g/mol. The molecule has 0 unspecified atom stereocenters. The van der Waals surface area contributed by atoms with Crippen molar-refractivity contribution in [1.29, 1.82) is 0 Å². The van der Waals surface area contributed by atoms with Gasteiger partial charge >= 0.3 is 0 Å². The summed E-state index contributed by atoms with van der Waals surface area (Å²) in [6, 6.07) is 8.11. The fourth-order valence-corrected chi connectivity index (χ4v) is 1.34. The van der Waals surface area contributed by atoms with Gasteiger partial charge in [0.2, 0.25) is 0 Å². The fraction of sp³-hybridized carbons (Fsp3) is 0.182. The van der Waals surface area contributed by atoms with Crippen LogP contribution in [0.1, 0.15) is 17.0 Å². The number of nitrogens with zero attached hydrogens (tertiary/aromatic N) is 1. The summed E-state index contributed by atoms with van der Waals surface area (Å²) in [6.07, 6.45) is 0.604. The minimum atomic E-state index is -0.237. The third-order valence-corrected chi connectivity index (χ3v) is 2.11. The molecule has 4 heteroatoms. The normalized spacial score (nSPS) is 10.5. The minimum Gasteiger partial charge on any atom is -0.361 e. The average Bonchev–Trinajstić information content (AvgIpc) is 2.69. The maximum absolute atomic E-state index is 12.6. The van der Waals surface area contributed by atoms with Crippen molar-refractivity contribution in [2.75, 3.05) is 0 Å². The Labute approximate surface area is 86.7 Å². The van der Waals surface area contributed by atoms with E-state index in [9.17, 15) is 4.39 Å². The van der Waals surface area contributed by atoms with E-state index in [0.717, 1.165) is 17.0 Å². The van der Waals surface area contributed by atoms with Crippen molar-refractivity contribution in [3.05, 3.63) is 53.2 Å². The number of benzene rings is 1. The van der Waals surface area contributed by atoms with Gasteiger partial charge in [0, 0.05) is 19.0 Å². The number of hydrogen-bond acceptors (Lipinski definition) is 3. The predicted octanol–water partition coefficient (Wildman–Crippen LogP) is 1.86. The van der Waals surface area contributed by atoms with Gasteiger partial charge in [0.05, 0.1) is 5.69 Å². The summed E-state index contributed by atoms with van der Waals surface area (Å²) >= 11 is 0. The lowest BCUT2D eigenvalue weighted by atomic mass is 10.1. The Morgan fingerprint density at radius 3 is 2.60 bits per heavy atom. The van der Waals surface area contributed by atoms with Crippen LogP contribution in [-0.4, -0.2) is 5.16 Å². The smallest absolute Gasteiger partial charge is 0.141 e. The van der Waals surface area contributed by atoms with Crippen molar-refractivity contribution in [3.63, 3.8) is 0 Å². The van der Waals surface area contributed by atoms with Gasteiger partial charge in [0.15, 0.2) is 0 Å². The highest BCUT2D eigenvalue weighted by Crippen LogP contribution is 2.11. The van der Waals surface area contributed by atoms with Gasteiger partial charge in [-0.1, -0.05) is 17.3 Å². The molecule has 78 valence electrons. The molecule has 0 saturated carbocycles. The van der Waals surface area contributed by atoms with E-state index in [1.54, 1.807) is 12.1 Å². The van der Waals surface area contributed by atoms with E-state index in [4.69, 9.17) is 10.3 Å². The quantitative estimate of drug-likeness (QED) is 0.833. The number of nitrogens with two attached hydrogens (primary N) is 1. The molecule has 0 spiro atoms. The van der Waals surface area contributed by atoms with E-state index in [2.05, 4.69) is 5.16 Å². The Hall–Kier alpha value is -1.68. The minimum absolute atomic E-state index is 0.237. The van der Waals surface area contributed by atoms with Gasteiger partial charge in [-0.2, -0.15) is 0 Å². The first-order chi connectivity index (χ1) is 7.28. The molecular formula is C11H11FN2O. The SMILES string of the molecule is NCc1cc(Cc2ccc(F)cc2)on1. The van der Waals surface area contributed by atoms with Crippen molar-refractivity contribution >= 4 is 0 Å². The molecule has 0 aliphatic heterocycles. The first-order valence-corrected chi connectivity index (χ1v) is 4.67. The summed E-state index contributed by atoms with van der Waals surface area (Å²) in [5.41, 5.74) is 7.12.